The van der Waals surface area contributed by atoms with Crippen LogP contribution in [0, 0.1) is 0 Å². The zero-order valence-electron chi connectivity index (χ0n) is 16.3. The molecule has 4 nitrogen and oxygen atoms in total. The number of ether oxygens (including phenoxy) is 2. The molecule has 0 saturated carbocycles. The summed E-state index contributed by atoms with van der Waals surface area (Å²) in [5, 5.41) is 0.724. The Morgan fingerprint density at radius 3 is 2.78 bits per heavy atom. The van der Waals surface area contributed by atoms with Crippen molar-refractivity contribution in [3.63, 3.8) is 0 Å². The Hall–Kier alpha value is -2.20. The summed E-state index contributed by atoms with van der Waals surface area (Å²) in [5.74, 6) is 1.97. The van der Waals surface area contributed by atoms with Gasteiger partial charge in [0.1, 0.15) is 0 Å². The highest BCUT2D eigenvalue weighted by atomic mass is 35.5. The maximum atomic E-state index is 6.62. The molecule has 0 N–H and O–H groups in total. The Morgan fingerprint density at radius 2 is 2.00 bits per heavy atom. The minimum absolute atomic E-state index is 0.132. The molecule has 142 valence electrons. The summed E-state index contributed by atoms with van der Waals surface area (Å²) < 4.78 is 10.8. The summed E-state index contributed by atoms with van der Waals surface area (Å²) in [7, 11) is 0. The predicted octanol–water partition coefficient (Wildman–Crippen LogP) is 5.93. The van der Waals surface area contributed by atoms with Crippen molar-refractivity contribution in [2.45, 2.75) is 45.6 Å². The molecule has 0 aromatic heterocycles. The molecule has 2 aliphatic heterocycles. The molecule has 0 spiro atoms. The molecule has 4 rings (SSSR count). The van der Waals surface area contributed by atoms with Crippen LogP contribution >= 0.6 is 11.6 Å². The van der Waals surface area contributed by atoms with Crippen molar-refractivity contribution >= 4 is 29.2 Å². The third kappa shape index (κ3) is 3.27. The van der Waals surface area contributed by atoms with Gasteiger partial charge >= 0.3 is 0 Å². The average Bonchev–Trinajstić information content (AvgIpc) is 3.07. The van der Waals surface area contributed by atoms with Gasteiger partial charge in [0, 0.05) is 35.6 Å². The second-order valence-electron chi connectivity index (χ2n) is 7.89. The number of halogens is 1. The van der Waals surface area contributed by atoms with E-state index in [2.05, 4.69) is 49.7 Å². The lowest BCUT2D eigenvalue weighted by Gasteiger charge is -2.47. The van der Waals surface area contributed by atoms with E-state index in [0.717, 1.165) is 40.7 Å². The Bertz CT molecular complexity index is 907. The van der Waals surface area contributed by atoms with E-state index in [-0.39, 0.29) is 12.3 Å². The van der Waals surface area contributed by atoms with Crippen molar-refractivity contribution in [2.75, 3.05) is 18.2 Å². The first kappa shape index (κ1) is 18.2. The molecule has 0 saturated heterocycles. The Labute approximate surface area is 165 Å². The fraction of sp³-hybridized carbons (Fsp3) is 0.409. The van der Waals surface area contributed by atoms with Crippen LogP contribution < -0.4 is 14.4 Å². The molecule has 0 bridgehead atoms. The van der Waals surface area contributed by atoms with Crippen molar-refractivity contribution in [1.82, 2.24) is 0 Å². The lowest BCUT2D eigenvalue weighted by atomic mass is 9.79. The van der Waals surface area contributed by atoms with Gasteiger partial charge in [-0.2, -0.15) is 0 Å². The Morgan fingerprint density at radius 1 is 1.22 bits per heavy atom. The molecule has 0 fully saturated rings. The van der Waals surface area contributed by atoms with Crippen LogP contribution in [0.25, 0.3) is 0 Å². The summed E-state index contributed by atoms with van der Waals surface area (Å²) in [5.41, 5.74) is 4.47. The molecule has 2 aliphatic rings. The van der Waals surface area contributed by atoms with Gasteiger partial charge in [-0.25, -0.2) is 0 Å². The molecule has 2 aromatic rings. The number of fused-ring (bicyclic) bond motifs is 2. The Balaban J connectivity index is 1.68. The van der Waals surface area contributed by atoms with Crippen LogP contribution in [-0.4, -0.2) is 25.1 Å². The molecule has 1 atom stereocenters. The van der Waals surface area contributed by atoms with E-state index in [4.69, 9.17) is 21.1 Å². The second-order valence-corrected chi connectivity index (χ2v) is 8.30. The molecule has 0 amide bonds. The van der Waals surface area contributed by atoms with Gasteiger partial charge < -0.3 is 14.4 Å². The molecule has 1 unspecified atom stereocenters. The summed E-state index contributed by atoms with van der Waals surface area (Å²) in [4.78, 5) is 7.05. The van der Waals surface area contributed by atoms with Crippen LogP contribution in [0.1, 0.15) is 51.2 Å². The van der Waals surface area contributed by atoms with Crippen LogP contribution in [-0.2, 0) is 0 Å². The van der Waals surface area contributed by atoms with Crippen LogP contribution in [0.2, 0.25) is 5.02 Å². The predicted molar refractivity (Wildman–Crippen MR) is 111 cm³/mol. The fourth-order valence-electron chi connectivity index (χ4n) is 4.33. The van der Waals surface area contributed by atoms with Crippen molar-refractivity contribution in [1.29, 1.82) is 0 Å². The number of rotatable bonds is 3. The number of aliphatic imine (C=N–C) groups is 1. The average molecular weight is 385 g/mol. The lowest BCUT2D eigenvalue weighted by Crippen LogP contribution is -2.48. The standard InChI is InChI=1S/C22H25ClN2O2/c1-5-25-19-10-18(23)15(8-17(19)14(2)11-22(25,3)4)12-24-16-6-7-20-21(9-16)27-13-26-20/h6-10,12,14H,5,11,13H2,1-4H3. The summed E-state index contributed by atoms with van der Waals surface area (Å²) in [6, 6.07) is 9.97. The van der Waals surface area contributed by atoms with Crippen LogP contribution in [0.15, 0.2) is 35.3 Å². The number of hydrogen-bond acceptors (Lipinski definition) is 4. The van der Waals surface area contributed by atoms with Gasteiger partial charge in [0.2, 0.25) is 6.79 Å². The minimum Gasteiger partial charge on any atom is -0.454 e. The van der Waals surface area contributed by atoms with Crippen molar-refractivity contribution < 1.29 is 9.47 Å². The van der Waals surface area contributed by atoms with Gasteiger partial charge in [-0.05, 0) is 62.9 Å². The summed E-state index contributed by atoms with van der Waals surface area (Å²) >= 11 is 6.62. The van der Waals surface area contributed by atoms with E-state index in [1.54, 1.807) is 0 Å². The fourth-order valence-corrected chi connectivity index (χ4v) is 4.53. The zero-order valence-corrected chi connectivity index (χ0v) is 17.0. The molecule has 0 radical (unpaired) electrons. The summed E-state index contributed by atoms with van der Waals surface area (Å²) in [6.07, 6.45) is 2.96. The largest absolute Gasteiger partial charge is 0.454 e. The lowest BCUT2D eigenvalue weighted by molar-refractivity contribution is 0.174. The van der Waals surface area contributed by atoms with E-state index in [9.17, 15) is 0 Å². The van der Waals surface area contributed by atoms with Gasteiger partial charge in [0.25, 0.3) is 0 Å². The molecular weight excluding hydrogens is 360 g/mol. The molecule has 0 aliphatic carbocycles. The molecular formula is C22H25ClN2O2. The number of benzene rings is 2. The summed E-state index contributed by atoms with van der Waals surface area (Å²) in [6.45, 7) is 10.3. The third-order valence-corrected chi connectivity index (χ3v) is 5.86. The van der Waals surface area contributed by atoms with E-state index in [1.807, 2.05) is 24.4 Å². The SMILES string of the molecule is CCN1c2cc(Cl)c(C=Nc3ccc4c(c3)OCO4)cc2C(C)CC1(C)C. The van der Waals surface area contributed by atoms with Crippen LogP contribution in [0.5, 0.6) is 11.5 Å². The van der Waals surface area contributed by atoms with Crippen LogP contribution in [0.4, 0.5) is 11.4 Å². The highest BCUT2D eigenvalue weighted by Crippen LogP contribution is 2.45. The van der Waals surface area contributed by atoms with E-state index >= 15 is 0 Å². The third-order valence-electron chi connectivity index (χ3n) is 5.53. The van der Waals surface area contributed by atoms with Crippen molar-refractivity contribution in [3.8, 4) is 11.5 Å². The maximum absolute atomic E-state index is 6.62. The smallest absolute Gasteiger partial charge is 0.231 e. The van der Waals surface area contributed by atoms with Gasteiger partial charge in [-0.3, -0.25) is 4.99 Å². The van der Waals surface area contributed by atoms with Gasteiger partial charge in [0.15, 0.2) is 11.5 Å². The highest BCUT2D eigenvalue weighted by molar-refractivity contribution is 6.33. The topological polar surface area (TPSA) is 34.1 Å². The zero-order chi connectivity index (χ0) is 19.2. The first-order chi connectivity index (χ1) is 12.9. The van der Waals surface area contributed by atoms with Crippen molar-refractivity contribution in [3.05, 3.63) is 46.5 Å². The van der Waals surface area contributed by atoms with Gasteiger partial charge in [0.05, 0.1) is 10.7 Å². The normalized spacial score (nSPS) is 20.2. The van der Waals surface area contributed by atoms with E-state index in [1.165, 1.54) is 11.3 Å². The molecule has 2 heterocycles. The second kappa shape index (κ2) is 6.75. The van der Waals surface area contributed by atoms with Crippen molar-refractivity contribution in [2.24, 2.45) is 4.99 Å². The Kier molecular flexibility index (Phi) is 4.55. The van der Waals surface area contributed by atoms with Gasteiger partial charge in [-0.15, -0.1) is 0 Å². The minimum atomic E-state index is 0.132. The number of nitrogens with zero attached hydrogens (tertiary/aromatic N) is 2. The first-order valence-corrected chi connectivity index (χ1v) is 9.81. The molecule has 2 aromatic carbocycles. The van der Waals surface area contributed by atoms with E-state index < -0.39 is 0 Å². The highest BCUT2D eigenvalue weighted by Gasteiger charge is 2.35. The molecule has 5 heteroatoms. The number of anilines is 1. The molecule has 27 heavy (non-hydrogen) atoms. The quantitative estimate of drug-likeness (QED) is 0.615. The van der Waals surface area contributed by atoms with E-state index in [0.29, 0.717) is 5.92 Å². The van der Waals surface area contributed by atoms with Crippen LogP contribution in [0.3, 0.4) is 0 Å². The monoisotopic (exact) mass is 384 g/mol. The maximum Gasteiger partial charge on any atom is 0.231 e. The van der Waals surface area contributed by atoms with Gasteiger partial charge in [-0.1, -0.05) is 18.5 Å². The first-order valence-electron chi connectivity index (χ1n) is 9.44. The number of hydrogen-bond donors (Lipinski definition) is 0.